The van der Waals surface area contributed by atoms with Crippen molar-refractivity contribution in [1.29, 1.82) is 0 Å². The average Bonchev–Trinajstić information content (AvgIpc) is 3.45. The number of carbonyl (C=O) groups excluding carboxylic acids is 1. The van der Waals surface area contributed by atoms with E-state index in [9.17, 15) is 4.79 Å². The summed E-state index contributed by atoms with van der Waals surface area (Å²) >= 11 is 0. The third-order valence-corrected chi connectivity index (χ3v) is 5.64. The van der Waals surface area contributed by atoms with Gasteiger partial charge in [0.25, 0.3) is 0 Å². The number of amides is 1. The molecule has 0 radical (unpaired) electrons. The van der Waals surface area contributed by atoms with Crippen molar-refractivity contribution in [3.8, 4) is 5.75 Å². The predicted octanol–water partition coefficient (Wildman–Crippen LogP) is 4.08. The summed E-state index contributed by atoms with van der Waals surface area (Å²) in [7, 11) is 1.66. The van der Waals surface area contributed by atoms with Crippen molar-refractivity contribution < 1.29 is 9.53 Å². The number of methoxy groups -OCH3 is 1. The second kappa shape index (κ2) is 9.42. The highest BCUT2D eigenvalue weighted by molar-refractivity contribution is 5.76. The number of hydrogen-bond donors (Lipinski definition) is 1. The molecule has 1 amide bonds. The molecule has 6 heteroatoms. The van der Waals surface area contributed by atoms with Crippen LogP contribution in [0.4, 0.5) is 0 Å². The van der Waals surface area contributed by atoms with Gasteiger partial charge in [0, 0.05) is 37.4 Å². The van der Waals surface area contributed by atoms with Crippen LogP contribution in [0.2, 0.25) is 0 Å². The summed E-state index contributed by atoms with van der Waals surface area (Å²) in [4.78, 5) is 12.5. The van der Waals surface area contributed by atoms with Crippen LogP contribution in [0.5, 0.6) is 5.75 Å². The number of benzene rings is 1. The van der Waals surface area contributed by atoms with E-state index in [1.165, 1.54) is 24.0 Å². The summed E-state index contributed by atoms with van der Waals surface area (Å²) < 4.78 is 7.75. The molecule has 2 aromatic rings. The largest absolute Gasteiger partial charge is 0.496 e. The molecule has 0 bridgehead atoms. The lowest BCUT2D eigenvalue weighted by molar-refractivity contribution is -0.121. The van der Waals surface area contributed by atoms with Gasteiger partial charge in [0.1, 0.15) is 17.4 Å². The van der Waals surface area contributed by atoms with Crippen molar-refractivity contribution in [2.75, 3.05) is 7.11 Å². The minimum atomic E-state index is 0.0272. The normalized spacial score (nSPS) is 13.7. The minimum absolute atomic E-state index is 0.0272. The summed E-state index contributed by atoms with van der Waals surface area (Å²) in [6.45, 7) is 9.06. The number of nitrogens with zero attached hydrogens (tertiary/aromatic N) is 3. The quantitative estimate of drug-likeness (QED) is 0.655. The first-order valence-electron chi connectivity index (χ1n) is 10.7. The van der Waals surface area contributed by atoms with Gasteiger partial charge in [-0.15, -0.1) is 10.2 Å². The van der Waals surface area contributed by atoms with Gasteiger partial charge in [0.05, 0.1) is 7.11 Å². The summed E-state index contributed by atoms with van der Waals surface area (Å²) in [6, 6.07) is 4.64. The lowest BCUT2D eigenvalue weighted by Gasteiger charge is -2.13. The molecule has 0 atom stereocenters. The molecular formula is C23H34N4O2. The molecule has 1 aromatic heterocycles. The Kier molecular flexibility index (Phi) is 6.93. The van der Waals surface area contributed by atoms with E-state index in [1.807, 2.05) is 6.07 Å². The Morgan fingerprint density at radius 3 is 2.45 bits per heavy atom. The van der Waals surface area contributed by atoms with E-state index in [4.69, 9.17) is 4.74 Å². The fraction of sp³-hybridized carbons (Fsp3) is 0.609. The monoisotopic (exact) mass is 398 g/mol. The van der Waals surface area contributed by atoms with Gasteiger partial charge >= 0.3 is 0 Å². The van der Waals surface area contributed by atoms with Gasteiger partial charge in [-0.2, -0.15) is 0 Å². The second-order valence-electron chi connectivity index (χ2n) is 8.59. The smallest absolute Gasteiger partial charge is 0.220 e. The Labute approximate surface area is 174 Å². The Morgan fingerprint density at radius 1 is 1.17 bits per heavy atom. The summed E-state index contributed by atoms with van der Waals surface area (Å²) in [5.41, 5.74) is 3.38. The summed E-state index contributed by atoms with van der Waals surface area (Å²) in [6.07, 6.45) is 5.50. The van der Waals surface area contributed by atoms with E-state index < -0.39 is 0 Å². The second-order valence-corrected chi connectivity index (χ2v) is 8.59. The number of rotatable bonds is 10. The Balaban J connectivity index is 1.57. The van der Waals surface area contributed by atoms with E-state index in [0.717, 1.165) is 35.8 Å². The first-order valence-corrected chi connectivity index (χ1v) is 10.7. The molecule has 0 aliphatic heterocycles. The molecule has 1 aliphatic rings. The zero-order valence-electron chi connectivity index (χ0n) is 18.4. The Morgan fingerprint density at radius 2 is 1.83 bits per heavy atom. The molecular weight excluding hydrogens is 364 g/mol. The van der Waals surface area contributed by atoms with Crippen molar-refractivity contribution in [2.24, 2.45) is 5.92 Å². The zero-order valence-corrected chi connectivity index (χ0v) is 18.4. The molecule has 6 nitrogen and oxygen atoms in total. The average molecular weight is 399 g/mol. The predicted molar refractivity (Wildman–Crippen MR) is 114 cm³/mol. The van der Waals surface area contributed by atoms with E-state index in [0.29, 0.717) is 31.3 Å². The minimum Gasteiger partial charge on any atom is -0.496 e. The summed E-state index contributed by atoms with van der Waals surface area (Å²) in [5, 5.41) is 11.9. The standard InChI is InChI=1S/C23H34N4O2/c1-15(2)6-9-21-25-26-22(27(21)19-7-8-19)10-11-23(28)24-14-18-12-16(3)17(4)13-20(18)29-5/h12-13,15,19H,6-11,14H2,1-5H3,(H,24,28). The molecule has 0 spiro atoms. The van der Waals surface area contributed by atoms with Crippen molar-refractivity contribution in [2.45, 2.75) is 78.8 Å². The van der Waals surface area contributed by atoms with Crippen LogP contribution >= 0.6 is 0 Å². The number of carbonyl (C=O) groups is 1. The molecule has 1 saturated carbocycles. The highest BCUT2D eigenvalue weighted by Crippen LogP contribution is 2.37. The van der Waals surface area contributed by atoms with Crippen LogP contribution < -0.4 is 10.1 Å². The molecule has 0 unspecified atom stereocenters. The number of nitrogens with one attached hydrogen (secondary N) is 1. The van der Waals surface area contributed by atoms with Gasteiger partial charge in [-0.3, -0.25) is 4.79 Å². The van der Waals surface area contributed by atoms with Gasteiger partial charge in [0.2, 0.25) is 5.91 Å². The number of aryl methyl sites for hydroxylation is 4. The zero-order chi connectivity index (χ0) is 21.0. The topological polar surface area (TPSA) is 69.0 Å². The fourth-order valence-corrected chi connectivity index (χ4v) is 3.56. The number of hydrogen-bond acceptors (Lipinski definition) is 4. The Bertz CT molecular complexity index is 853. The van der Waals surface area contributed by atoms with Crippen LogP contribution in [0.3, 0.4) is 0 Å². The number of ether oxygens (including phenoxy) is 1. The molecule has 3 rings (SSSR count). The van der Waals surface area contributed by atoms with E-state index >= 15 is 0 Å². The lowest BCUT2D eigenvalue weighted by atomic mass is 10.0. The van der Waals surface area contributed by atoms with Gasteiger partial charge in [-0.05, 0) is 56.2 Å². The maximum absolute atomic E-state index is 12.5. The van der Waals surface area contributed by atoms with Gasteiger partial charge < -0.3 is 14.6 Å². The van der Waals surface area contributed by atoms with Crippen LogP contribution in [-0.4, -0.2) is 27.8 Å². The van der Waals surface area contributed by atoms with Crippen LogP contribution in [0.25, 0.3) is 0 Å². The third-order valence-electron chi connectivity index (χ3n) is 5.64. The van der Waals surface area contributed by atoms with Gasteiger partial charge in [-0.25, -0.2) is 0 Å². The van der Waals surface area contributed by atoms with E-state index in [-0.39, 0.29) is 5.91 Å². The molecule has 29 heavy (non-hydrogen) atoms. The van der Waals surface area contributed by atoms with E-state index in [2.05, 4.69) is 53.8 Å². The van der Waals surface area contributed by atoms with Crippen molar-refractivity contribution >= 4 is 5.91 Å². The highest BCUT2D eigenvalue weighted by Gasteiger charge is 2.29. The Hall–Kier alpha value is -2.37. The molecule has 1 N–H and O–H groups in total. The first-order chi connectivity index (χ1) is 13.9. The van der Waals surface area contributed by atoms with Crippen LogP contribution in [0.15, 0.2) is 12.1 Å². The SMILES string of the molecule is COc1cc(C)c(C)cc1CNC(=O)CCc1nnc(CCC(C)C)n1C1CC1. The van der Waals surface area contributed by atoms with Crippen molar-refractivity contribution in [1.82, 2.24) is 20.1 Å². The maximum Gasteiger partial charge on any atom is 0.220 e. The van der Waals surface area contributed by atoms with Gasteiger partial charge in [-0.1, -0.05) is 19.9 Å². The van der Waals surface area contributed by atoms with Crippen LogP contribution in [-0.2, 0) is 24.2 Å². The fourth-order valence-electron chi connectivity index (χ4n) is 3.56. The third kappa shape index (κ3) is 5.58. The lowest BCUT2D eigenvalue weighted by Crippen LogP contribution is -2.24. The molecule has 1 heterocycles. The molecule has 158 valence electrons. The summed E-state index contributed by atoms with van der Waals surface area (Å²) in [5.74, 6) is 3.52. The highest BCUT2D eigenvalue weighted by atomic mass is 16.5. The molecule has 1 aromatic carbocycles. The molecule has 0 saturated heterocycles. The van der Waals surface area contributed by atoms with Crippen molar-refractivity contribution in [3.63, 3.8) is 0 Å². The molecule has 1 aliphatic carbocycles. The van der Waals surface area contributed by atoms with Crippen LogP contribution in [0.1, 0.15) is 73.9 Å². The number of aromatic nitrogens is 3. The van der Waals surface area contributed by atoms with Gasteiger partial charge in [0.15, 0.2) is 0 Å². The van der Waals surface area contributed by atoms with E-state index in [1.54, 1.807) is 7.11 Å². The molecule has 1 fully saturated rings. The maximum atomic E-state index is 12.5. The van der Waals surface area contributed by atoms with Crippen molar-refractivity contribution in [3.05, 3.63) is 40.5 Å². The first kappa shape index (κ1) is 21.3. The van der Waals surface area contributed by atoms with Crippen LogP contribution in [0, 0.1) is 19.8 Å².